The lowest BCUT2D eigenvalue weighted by Gasteiger charge is -1.96. The third-order valence-electron chi connectivity index (χ3n) is 1.01. The molecule has 13 heavy (non-hydrogen) atoms. The summed E-state index contributed by atoms with van der Waals surface area (Å²) in [6.07, 6.45) is 0. The number of ketones is 2. The fraction of sp³-hybridized carbons (Fsp3) is 0.571. The third-order valence-corrected chi connectivity index (χ3v) is 1.40. The van der Waals surface area contributed by atoms with E-state index >= 15 is 0 Å². The van der Waals surface area contributed by atoms with Crippen LogP contribution in [0.1, 0.15) is 13.8 Å². The second-order valence-corrected chi connectivity index (χ2v) is 2.60. The van der Waals surface area contributed by atoms with E-state index in [9.17, 15) is 14.4 Å². The van der Waals surface area contributed by atoms with E-state index in [0.717, 1.165) is 0 Å². The van der Waals surface area contributed by atoms with Crippen LogP contribution in [-0.2, 0) is 14.4 Å². The molecule has 0 amide bonds. The summed E-state index contributed by atoms with van der Waals surface area (Å²) in [5.41, 5.74) is 4.94. The van der Waals surface area contributed by atoms with Crippen molar-refractivity contribution in [3.8, 4) is 0 Å². The molecule has 0 aliphatic heterocycles. The number of aliphatic carboxylic acids is 1. The summed E-state index contributed by atoms with van der Waals surface area (Å²) in [6, 6.07) is -0.816. The molecule has 0 spiro atoms. The third kappa shape index (κ3) is 11.1. The Morgan fingerprint density at radius 1 is 1.31 bits per heavy atom. The lowest BCUT2D eigenvalue weighted by molar-refractivity contribution is -0.137. The molecule has 0 fully saturated rings. The summed E-state index contributed by atoms with van der Waals surface area (Å²) in [6.45, 7) is 2.50. The predicted octanol–water partition coefficient (Wildman–Crippen LogP) is -0.508. The van der Waals surface area contributed by atoms with Gasteiger partial charge in [-0.15, -0.1) is 0 Å². The number of hydrogen-bond acceptors (Lipinski definition) is 5. The summed E-state index contributed by atoms with van der Waals surface area (Å²) in [7, 11) is 0. The molecule has 0 aromatic rings. The molecule has 0 aliphatic carbocycles. The molecule has 0 saturated heterocycles. The minimum absolute atomic E-state index is 0.190. The average molecular weight is 207 g/mol. The van der Waals surface area contributed by atoms with Crippen LogP contribution in [0.3, 0.4) is 0 Å². The molecule has 0 aromatic heterocycles. The van der Waals surface area contributed by atoms with Crippen LogP contribution in [0.25, 0.3) is 0 Å². The van der Waals surface area contributed by atoms with Crippen molar-refractivity contribution in [2.24, 2.45) is 5.73 Å². The van der Waals surface area contributed by atoms with Crippen molar-refractivity contribution >= 4 is 30.2 Å². The molecule has 0 radical (unpaired) electrons. The highest BCUT2D eigenvalue weighted by molar-refractivity contribution is 7.80. The number of carboxylic acids is 1. The van der Waals surface area contributed by atoms with Gasteiger partial charge in [0.25, 0.3) is 0 Å². The molecule has 1 unspecified atom stereocenters. The van der Waals surface area contributed by atoms with Crippen LogP contribution in [0.2, 0.25) is 0 Å². The number of rotatable bonds is 3. The van der Waals surface area contributed by atoms with Gasteiger partial charge in [0, 0.05) is 19.6 Å². The highest BCUT2D eigenvalue weighted by Gasteiger charge is 2.06. The van der Waals surface area contributed by atoms with E-state index in [4.69, 9.17) is 10.8 Å². The minimum Gasteiger partial charge on any atom is -0.480 e. The van der Waals surface area contributed by atoms with Gasteiger partial charge in [0.1, 0.15) is 6.04 Å². The van der Waals surface area contributed by atoms with Crippen molar-refractivity contribution in [3.63, 3.8) is 0 Å². The molecular weight excluding hydrogens is 194 g/mol. The monoisotopic (exact) mass is 207 g/mol. The number of thiol groups is 1. The number of nitrogens with two attached hydrogens (primary N) is 1. The van der Waals surface area contributed by atoms with Crippen LogP contribution in [0.4, 0.5) is 0 Å². The maximum atomic E-state index is 9.79. The zero-order valence-corrected chi connectivity index (χ0v) is 8.38. The van der Waals surface area contributed by atoms with Crippen molar-refractivity contribution in [2.75, 3.05) is 5.75 Å². The summed E-state index contributed by atoms with van der Waals surface area (Å²) in [5, 5.41) is 8.01. The maximum Gasteiger partial charge on any atom is 0.321 e. The Morgan fingerprint density at radius 3 is 1.62 bits per heavy atom. The first-order valence-corrected chi connectivity index (χ1v) is 4.06. The number of Topliss-reactive ketones (excluding diaryl/α,β-unsaturated/α-hetero) is 2. The fourth-order valence-electron chi connectivity index (χ4n) is 0.0781. The normalized spacial score (nSPS) is 10.8. The van der Waals surface area contributed by atoms with E-state index in [1.54, 1.807) is 0 Å². The molecule has 76 valence electrons. The van der Waals surface area contributed by atoms with Gasteiger partial charge in [-0.25, -0.2) is 0 Å². The Labute approximate surface area is 81.7 Å². The lowest BCUT2D eigenvalue weighted by atomic mass is 10.3. The smallest absolute Gasteiger partial charge is 0.321 e. The van der Waals surface area contributed by atoms with Crippen molar-refractivity contribution in [1.29, 1.82) is 0 Å². The predicted molar refractivity (Wildman–Crippen MR) is 50.8 cm³/mol. The molecule has 6 heteroatoms. The van der Waals surface area contributed by atoms with Gasteiger partial charge in [-0.05, 0) is 0 Å². The van der Waals surface area contributed by atoms with Gasteiger partial charge in [0.15, 0.2) is 11.6 Å². The Balaban J connectivity index is 0. The summed E-state index contributed by atoms with van der Waals surface area (Å²) >= 11 is 3.65. The first-order valence-electron chi connectivity index (χ1n) is 3.43. The average Bonchev–Trinajstić information content (AvgIpc) is 2.03. The molecule has 5 nitrogen and oxygen atoms in total. The van der Waals surface area contributed by atoms with Crippen LogP contribution in [0.15, 0.2) is 0 Å². The Morgan fingerprint density at radius 2 is 1.62 bits per heavy atom. The summed E-state index contributed by atoms with van der Waals surface area (Å²) in [5.74, 6) is -1.57. The van der Waals surface area contributed by atoms with E-state index in [2.05, 4.69) is 12.6 Å². The molecule has 0 saturated carbocycles. The molecule has 0 heterocycles. The number of carboxylic acid groups (broad SMARTS) is 1. The Kier molecular flexibility index (Phi) is 8.73. The topological polar surface area (TPSA) is 97.5 Å². The second kappa shape index (κ2) is 7.75. The van der Waals surface area contributed by atoms with Crippen molar-refractivity contribution in [2.45, 2.75) is 19.9 Å². The quantitative estimate of drug-likeness (QED) is 0.428. The van der Waals surface area contributed by atoms with Gasteiger partial charge in [-0.1, -0.05) is 0 Å². The Hall–Kier alpha value is -0.880. The largest absolute Gasteiger partial charge is 0.480 e. The van der Waals surface area contributed by atoms with Crippen molar-refractivity contribution in [1.82, 2.24) is 0 Å². The van der Waals surface area contributed by atoms with Gasteiger partial charge in [0.05, 0.1) is 0 Å². The molecule has 1 atom stereocenters. The second-order valence-electron chi connectivity index (χ2n) is 2.24. The highest BCUT2D eigenvalue weighted by atomic mass is 32.1. The molecular formula is C7H13NO4S. The van der Waals surface area contributed by atoms with E-state index in [1.807, 2.05) is 0 Å². The zero-order valence-electron chi connectivity index (χ0n) is 7.48. The number of carbonyl (C=O) groups is 3. The first-order chi connectivity index (χ1) is 5.82. The van der Waals surface area contributed by atoms with Crippen LogP contribution < -0.4 is 5.73 Å². The van der Waals surface area contributed by atoms with Gasteiger partial charge in [-0.3, -0.25) is 14.4 Å². The van der Waals surface area contributed by atoms with Gasteiger partial charge >= 0.3 is 5.97 Å². The minimum atomic E-state index is -1.00. The van der Waals surface area contributed by atoms with E-state index in [0.29, 0.717) is 0 Å². The summed E-state index contributed by atoms with van der Waals surface area (Å²) < 4.78 is 0. The molecule has 0 rings (SSSR count). The highest BCUT2D eigenvalue weighted by Crippen LogP contribution is 1.80. The molecule has 3 N–H and O–H groups in total. The van der Waals surface area contributed by atoms with Crippen molar-refractivity contribution < 1.29 is 19.5 Å². The molecule has 0 bridgehead atoms. The lowest BCUT2D eigenvalue weighted by Crippen LogP contribution is -2.31. The van der Waals surface area contributed by atoms with Gasteiger partial charge < -0.3 is 10.8 Å². The van der Waals surface area contributed by atoms with Crippen LogP contribution in [-0.4, -0.2) is 34.4 Å². The number of hydrogen-bond donors (Lipinski definition) is 3. The fourth-order valence-corrected chi connectivity index (χ4v) is 0.234. The van der Waals surface area contributed by atoms with E-state index in [-0.39, 0.29) is 17.3 Å². The first kappa shape index (κ1) is 14.6. The van der Waals surface area contributed by atoms with Gasteiger partial charge in [-0.2, -0.15) is 12.6 Å². The maximum absolute atomic E-state index is 9.79. The Bertz CT molecular complexity index is 193. The van der Waals surface area contributed by atoms with E-state index in [1.165, 1.54) is 13.8 Å². The zero-order chi connectivity index (χ0) is 11.0. The SMILES string of the molecule is CC(=O)C(C)=O.NC(CS)C(=O)O. The standard InChI is InChI=1S/C4H6O2.C3H7NO2S/c1-3(5)4(2)6;4-2(1-7)3(5)6/h1-2H3;2,7H,1,4H2,(H,5,6). The van der Waals surface area contributed by atoms with E-state index < -0.39 is 12.0 Å². The van der Waals surface area contributed by atoms with Crippen LogP contribution in [0.5, 0.6) is 0 Å². The molecule has 0 aromatic carbocycles. The van der Waals surface area contributed by atoms with Crippen molar-refractivity contribution in [3.05, 3.63) is 0 Å². The molecule has 0 aliphatic rings. The van der Waals surface area contributed by atoms with Crippen LogP contribution in [0, 0.1) is 0 Å². The summed E-state index contributed by atoms with van der Waals surface area (Å²) in [4.78, 5) is 29.3. The van der Waals surface area contributed by atoms with Crippen LogP contribution >= 0.6 is 12.6 Å². The van der Waals surface area contributed by atoms with Gasteiger partial charge in [0.2, 0.25) is 0 Å². The number of carbonyl (C=O) groups excluding carboxylic acids is 2.